The van der Waals surface area contributed by atoms with Gasteiger partial charge in [0.2, 0.25) is 0 Å². The summed E-state index contributed by atoms with van der Waals surface area (Å²) in [7, 11) is 0. The molecule has 1 fully saturated rings. The van der Waals surface area contributed by atoms with Crippen LogP contribution < -0.4 is 11.3 Å². The van der Waals surface area contributed by atoms with Crippen molar-refractivity contribution in [3.05, 3.63) is 28.7 Å². The Bertz CT molecular complexity index is 455. The van der Waals surface area contributed by atoms with Crippen LogP contribution in [-0.2, 0) is 6.54 Å². The zero-order valence-electron chi connectivity index (χ0n) is 11.8. The first kappa shape index (κ1) is 14.1. The highest BCUT2D eigenvalue weighted by molar-refractivity contribution is 5.33. The number of likely N-dealkylation sites (tertiary alicyclic amines) is 1. The smallest absolute Gasteiger partial charge is 0.250 e. The lowest BCUT2D eigenvalue weighted by molar-refractivity contribution is 0.187. The van der Waals surface area contributed by atoms with Gasteiger partial charge in [-0.3, -0.25) is 9.69 Å². The Morgan fingerprint density at radius 1 is 1.26 bits per heavy atom. The van der Waals surface area contributed by atoms with Gasteiger partial charge in [0.1, 0.15) is 0 Å². The van der Waals surface area contributed by atoms with Crippen LogP contribution in [0.2, 0.25) is 0 Å². The Balaban J connectivity index is 1.99. The number of hydrogen-bond acceptors (Lipinski definition) is 3. The number of nitrogens with two attached hydrogens (primary N) is 1. The Labute approximate surface area is 115 Å². The van der Waals surface area contributed by atoms with Crippen LogP contribution in [0.5, 0.6) is 0 Å². The first-order valence-electron chi connectivity index (χ1n) is 7.40. The molecule has 1 aliphatic heterocycles. The quantitative estimate of drug-likeness (QED) is 0.905. The van der Waals surface area contributed by atoms with Crippen LogP contribution in [0.1, 0.15) is 39.0 Å². The highest BCUT2D eigenvalue weighted by Crippen LogP contribution is 2.18. The average molecular weight is 263 g/mol. The van der Waals surface area contributed by atoms with Gasteiger partial charge in [-0.2, -0.15) is 0 Å². The highest BCUT2D eigenvalue weighted by atomic mass is 16.1. The third kappa shape index (κ3) is 3.83. The Hall–Kier alpha value is -1.29. The molecular weight excluding hydrogens is 238 g/mol. The minimum Gasteiger partial charge on any atom is -0.398 e. The molecule has 2 heterocycles. The van der Waals surface area contributed by atoms with Crippen LogP contribution in [0.3, 0.4) is 0 Å². The predicted molar refractivity (Wildman–Crippen MR) is 79.2 cm³/mol. The number of nitrogen functional groups attached to an aromatic ring is 1. The lowest BCUT2D eigenvalue weighted by atomic mass is 10.1. The molecule has 1 saturated heterocycles. The number of aromatic nitrogens is 1. The Kier molecular flexibility index (Phi) is 5.02. The summed E-state index contributed by atoms with van der Waals surface area (Å²) in [6.45, 7) is 5.10. The first-order valence-corrected chi connectivity index (χ1v) is 7.40. The summed E-state index contributed by atoms with van der Waals surface area (Å²) in [4.78, 5) is 14.3. The van der Waals surface area contributed by atoms with E-state index in [1.807, 2.05) is 0 Å². The zero-order chi connectivity index (χ0) is 13.7. The van der Waals surface area contributed by atoms with Gasteiger partial charge in [-0.05, 0) is 31.9 Å². The molecule has 1 aromatic heterocycles. The third-order valence-electron chi connectivity index (χ3n) is 4.10. The van der Waals surface area contributed by atoms with Gasteiger partial charge in [-0.25, -0.2) is 0 Å². The molecule has 0 amide bonds. The highest BCUT2D eigenvalue weighted by Gasteiger charge is 2.18. The van der Waals surface area contributed by atoms with Gasteiger partial charge in [0.05, 0.1) is 0 Å². The van der Waals surface area contributed by atoms with Crippen molar-refractivity contribution in [2.45, 2.75) is 51.6 Å². The topological polar surface area (TPSA) is 51.3 Å². The summed E-state index contributed by atoms with van der Waals surface area (Å²) in [5.74, 6) is 0. The summed E-state index contributed by atoms with van der Waals surface area (Å²) >= 11 is 0. The van der Waals surface area contributed by atoms with Crippen molar-refractivity contribution < 1.29 is 0 Å². The second-order valence-electron chi connectivity index (χ2n) is 5.44. The lowest BCUT2D eigenvalue weighted by Crippen LogP contribution is -2.38. The second kappa shape index (κ2) is 6.75. The van der Waals surface area contributed by atoms with Crippen molar-refractivity contribution in [1.29, 1.82) is 0 Å². The lowest BCUT2D eigenvalue weighted by Gasteiger charge is -2.29. The molecule has 0 bridgehead atoms. The van der Waals surface area contributed by atoms with Gasteiger partial charge >= 0.3 is 0 Å². The van der Waals surface area contributed by atoms with E-state index in [0.29, 0.717) is 11.7 Å². The molecule has 1 aromatic rings. The summed E-state index contributed by atoms with van der Waals surface area (Å²) in [5, 5.41) is 0. The molecule has 4 nitrogen and oxygen atoms in total. The van der Waals surface area contributed by atoms with Gasteiger partial charge in [0.25, 0.3) is 5.56 Å². The number of nitrogens with zero attached hydrogens (tertiary/aromatic N) is 2. The molecular formula is C15H25N3O. The van der Waals surface area contributed by atoms with Gasteiger partial charge in [-0.15, -0.1) is 0 Å². The fraction of sp³-hybridized carbons (Fsp3) is 0.667. The van der Waals surface area contributed by atoms with Gasteiger partial charge in [-0.1, -0.05) is 19.8 Å². The third-order valence-corrected chi connectivity index (χ3v) is 4.10. The van der Waals surface area contributed by atoms with Crippen LogP contribution >= 0.6 is 0 Å². The van der Waals surface area contributed by atoms with E-state index in [9.17, 15) is 4.79 Å². The predicted octanol–water partition coefficient (Wildman–Crippen LogP) is 2.09. The largest absolute Gasteiger partial charge is 0.398 e. The van der Waals surface area contributed by atoms with Crippen LogP contribution in [0, 0.1) is 0 Å². The Morgan fingerprint density at radius 2 is 2.11 bits per heavy atom. The van der Waals surface area contributed by atoms with Gasteiger partial charge < -0.3 is 10.3 Å². The molecule has 0 aromatic carbocycles. The van der Waals surface area contributed by atoms with E-state index in [4.69, 9.17) is 5.73 Å². The maximum absolute atomic E-state index is 11.8. The molecule has 1 atom stereocenters. The van der Waals surface area contributed by atoms with Crippen molar-refractivity contribution in [3.8, 4) is 0 Å². The standard InChI is InChI=1S/C15H25N3O/c1-2-14-6-4-3-5-9-17(14)10-11-18-12-13(16)7-8-15(18)19/h7-8,12,14H,2-6,9-11,16H2,1H3. The van der Waals surface area contributed by atoms with Gasteiger partial charge in [0.15, 0.2) is 0 Å². The van der Waals surface area contributed by atoms with Crippen molar-refractivity contribution in [2.24, 2.45) is 0 Å². The maximum Gasteiger partial charge on any atom is 0.250 e. The van der Waals surface area contributed by atoms with E-state index >= 15 is 0 Å². The minimum absolute atomic E-state index is 0.0390. The minimum atomic E-state index is 0.0390. The van der Waals surface area contributed by atoms with E-state index < -0.39 is 0 Å². The van der Waals surface area contributed by atoms with Crippen molar-refractivity contribution in [2.75, 3.05) is 18.8 Å². The monoisotopic (exact) mass is 263 g/mol. The molecule has 19 heavy (non-hydrogen) atoms. The van der Waals surface area contributed by atoms with E-state index in [0.717, 1.165) is 19.6 Å². The maximum atomic E-state index is 11.8. The molecule has 1 unspecified atom stereocenters. The van der Waals surface area contributed by atoms with Crippen molar-refractivity contribution >= 4 is 5.69 Å². The number of anilines is 1. The van der Waals surface area contributed by atoms with Crippen LogP contribution in [0.15, 0.2) is 23.1 Å². The molecule has 0 radical (unpaired) electrons. The second-order valence-corrected chi connectivity index (χ2v) is 5.44. The van der Waals surface area contributed by atoms with E-state index in [1.54, 1.807) is 22.9 Å². The van der Waals surface area contributed by atoms with Gasteiger partial charge in [0, 0.05) is 37.1 Å². The van der Waals surface area contributed by atoms with Crippen LogP contribution in [0.4, 0.5) is 5.69 Å². The molecule has 106 valence electrons. The fourth-order valence-electron chi connectivity index (χ4n) is 2.95. The summed E-state index contributed by atoms with van der Waals surface area (Å²) < 4.78 is 1.73. The normalized spacial score (nSPS) is 21.2. The molecule has 0 spiro atoms. The summed E-state index contributed by atoms with van der Waals surface area (Å²) in [6.07, 6.45) is 8.20. The summed E-state index contributed by atoms with van der Waals surface area (Å²) in [6, 6.07) is 3.90. The van der Waals surface area contributed by atoms with E-state index in [1.165, 1.54) is 32.1 Å². The molecule has 0 saturated carbocycles. The zero-order valence-corrected chi connectivity index (χ0v) is 11.8. The van der Waals surface area contributed by atoms with E-state index in [-0.39, 0.29) is 5.56 Å². The van der Waals surface area contributed by atoms with Crippen LogP contribution in [0.25, 0.3) is 0 Å². The van der Waals surface area contributed by atoms with E-state index in [2.05, 4.69) is 11.8 Å². The number of rotatable bonds is 4. The molecule has 2 N–H and O–H groups in total. The average Bonchev–Trinajstić information content (AvgIpc) is 2.64. The van der Waals surface area contributed by atoms with Crippen molar-refractivity contribution in [1.82, 2.24) is 9.47 Å². The molecule has 4 heteroatoms. The number of hydrogen-bond donors (Lipinski definition) is 1. The first-order chi connectivity index (χ1) is 9.20. The molecule has 2 rings (SSSR count). The fourth-order valence-corrected chi connectivity index (χ4v) is 2.95. The van der Waals surface area contributed by atoms with Crippen LogP contribution in [-0.4, -0.2) is 28.6 Å². The molecule has 1 aliphatic rings. The number of pyridine rings is 1. The SMILES string of the molecule is CCC1CCCCCN1CCn1cc(N)ccc1=O. The Morgan fingerprint density at radius 3 is 2.89 bits per heavy atom. The van der Waals surface area contributed by atoms with Crippen molar-refractivity contribution in [3.63, 3.8) is 0 Å². The summed E-state index contributed by atoms with van der Waals surface area (Å²) in [5.41, 5.74) is 6.44. The molecule has 0 aliphatic carbocycles.